The van der Waals surface area contributed by atoms with Gasteiger partial charge in [0.25, 0.3) is 0 Å². The molecular formula is C24H29ClN4O4. The van der Waals surface area contributed by atoms with E-state index < -0.39 is 5.97 Å². The smallest absolute Gasteiger partial charge is 0.303 e. The van der Waals surface area contributed by atoms with Gasteiger partial charge in [0.05, 0.1) is 23.1 Å². The lowest BCUT2D eigenvalue weighted by molar-refractivity contribution is -0.138. The number of carbonyl (C=O) groups is 2. The van der Waals surface area contributed by atoms with Crippen LogP contribution in [0.15, 0.2) is 24.7 Å². The number of aliphatic carboxylic acids is 1. The van der Waals surface area contributed by atoms with Crippen molar-refractivity contribution < 1.29 is 19.4 Å². The van der Waals surface area contributed by atoms with Gasteiger partial charge in [0.2, 0.25) is 0 Å². The number of hydrogen-bond donors (Lipinski definition) is 2. The average Bonchev–Trinajstić information content (AvgIpc) is 3.28. The summed E-state index contributed by atoms with van der Waals surface area (Å²) in [5.41, 5.74) is 1.94. The van der Waals surface area contributed by atoms with Crippen molar-refractivity contribution in [1.29, 1.82) is 0 Å². The SMILES string of the molecule is O=C(O)C[C@H]1CC[C@@H](C(=O)Cc2cc(-c3cncc(NCC4CCOCC4)n3)c(Cl)cn2)C1. The number of pyridine rings is 1. The maximum Gasteiger partial charge on any atom is 0.303 e. The van der Waals surface area contributed by atoms with Crippen LogP contribution in [0.1, 0.15) is 44.2 Å². The second-order valence-corrected chi connectivity index (χ2v) is 9.41. The third kappa shape index (κ3) is 6.48. The van der Waals surface area contributed by atoms with Gasteiger partial charge in [0.15, 0.2) is 0 Å². The Hall–Kier alpha value is -2.58. The minimum atomic E-state index is -0.803. The van der Waals surface area contributed by atoms with Crippen LogP contribution in [-0.4, -0.2) is 51.6 Å². The van der Waals surface area contributed by atoms with Gasteiger partial charge in [-0.05, 0) is 50.0 Å². The Morgan fingerprint density at radius 2 is 1.94 bits per heavy atom. The number of carboxylic acid groups (broad SMARTS) is 1. The molecule has 3 heterocycles. The van der Waals surface area contributed by atoms with Crippen LogP contribution in [0.3, 0.4) is 0 Å². The Labute approximate surface area is 198 Å². The Morgan fingerprint density at radius 3 is 2.73 bits per heavy atom. The average molecular weight is 473 g/mol. The number of rotatable bonds is 9. The van der Waals surface area contributed by atoms with E-state index in [0.29, 0.717) is 40.1 Å². The summed E-state index contributed by atoms with van der Waals surface area (Å²) in [6.45, 7) is 2.41. The Balaban J connectivity index is 1.41. The maximum absolute atomic E-state index is 12.8. The molecule has 0 unspecified atom stereocenters. The van der Waals surface area contributed by atoms with Crippen LogP contribution < -0.4 is 5.32 Å². The van der Waals surface area contributed by atoms with Gasteiger partial charge in [-0.1, -0.05) is 11.6 Å². The highest BCUT2D eigenvalue weighted by molar-refractivity contribution is 6.33. The number of Topliss-reactive ketones (excluding diaryl/α,β-unsaturated/α-hetero) is 1. The fourth-order valence-corrected chi connectivity index (χ4v) is 4.88. The van der Waals surface area contributed by atoms with E-state index in [9.17, 15) is 9.59 Å². The maximum atomic E-state index is 12.8. The summed E-state index contributed by atoms with van der Waals surface area (Å²) in [6.07, 6.45) is 9.44. The molecule has 1 saturated carbocycles. The zero-order chi connectivity index (χ0) is 23.2. The summed E-state index contributed by atoms with van der Waals surface area (Å²) < 4.78 is 5.41. The Kier molecular flexibility index (Phi) is 7.88. The van der Waals surface area contributed by atoms with E-state index in [1.54, 1.807) is 24.7 Å². The van der Waals surface area contributed by atoms with E-state index >= 15 is 0 Å². The number of carbonyl (C=O) groups excluding carboxylic acids is 1. The first kappa shape index (κ1) is 23.6. The summed E-state index contributed by atoms with van der Waals surface area (Å²) in [7, 11) is 0. The molecule has 4 rings (SSSR count). The van der Waals surface area contributed by atoms with E-state index in [-0.39, 0.29) is 30.5 Å². The molecule has 2 N–H and O–H groups in total. The molecule has 0 amide bonds. The van der Waals surface area contributed by atoms with Crippen molar-refractivity contribution in [2.24, 2.45) is 17.8 Å². The molecular weight excluding hydrogens is 444 g/mol. The van der Waals surface area contributed by atoms with Crippen LogP contribution in [-0.2, 0) is 20.7 Å². The molecule has 33 heavy (non-hydrogen) atoms. The van der Waals surface area contributed by atoms with E-state index in [4.69, 9.17) is 21.4 Å². The number of anilines is 1. The highest BCUT2D eigenvalue weighted by Gasteiger charge is 2.31. The van der Waals surface area contributed by atoms with Gasteiger partial charge >= 0.3 is 5.97 Å². The quantitative estimate of drug-likeness (QED) is 0.562. The Bertz CT molecular complexity index is 996. The third-order valence-corrected chi connectivity index (χ3v) is 6.85. The molecule has 2 fully saturated rings. The van der Waals surface area contributed by atoms with E-state index in [1.165, 1.54) is 0 Å². The summed E-state index contributed by atoms with van der Waals surface area (Å²) >= 11 is 6.41. The van der Waals surface area contributed by atoms with Gasteiger partial charge < -0.3 is 15.2 Å². The molecule has 2 aliphatic rings. The Morgan fingerprint density at radius 1 is 1.12 bits per heavy atom. The summed E-state index contributed by atoms with van der Waals surface area (Å²) in [4.78, 5) is 37.1. The number of nitrogens with one attached hydrogen (secondary N) is 1. The second-order valence-electron chi connectivity index (χ2n) is 9.00. The fourth-order valence-electron chi connectivity index (χ4n) is 4.68. The van der Waals surface area contributed by atoms with Crippen molar-refractivity contribution in [3.05, 3.63) is 35.4 Å². The van der Waals surface area contributed by atoms with Gasteiger partial charge in [-0.25, -0.2) is 4.98 Å². The van der Waals surface area contributed by atoms with Crippen LogP contribution in [0.5, 0.6) is 0 Å². The van der Waals surface area contributed by atoms with Crippen LogP contribution in [0.2, 0.25) is 5.02 Å². The van der Waals surface area contributed by atoms with E-state index in [1.807, 2.05) is 0 Å². The van der Waals surface area contributed by atoms with Gasteiger partial charge in [-0.15, -0.1) is 0 Å². The van der Waals surface area contributed by atoms with Crippen molar-refractivity contribution in [2.45, 2.75) is 44.9 Å². The topological polar surface area (TPSA) is 114 Å². The minimum Gasteiger partial charge on any atom is -0.481 e. The lowest BCUT2D eigenvalue weighted by atomic mass is 9.95. The molecule has 2 aromatic heterocycles. The number of nitrogens with zero attached hydrogens (tertiary/aromatic N) is 3. The van der Waals surface area contributed by atoms with Crippen LogP contribution in [0, 0.1) is 17.8 Å². The number of halogens is 1. The molecule has 9 heteroatoms. The number of carboxylic acids is 1. The summed E-state index contributed by atoms with van der Waals surface area (Å²) in [5, 5.41) is 12.8. The fraction of sp³-hybridized carbons (Fsp3) is 0.542. The molecule has 2 atom stereocenters. The van der Waals surface area contributed by atoms with Crippen LogP contribution in [0.25, 0.3) is 11.3 Å². The number of ketones is 1. The van der Waals surface area contributed by atoms with Gasteiger partial charge in [-0.2, -0.15) is 0 Å². The number of aromatic nitrogens is 3. The van der Waals surface area contributed by atoms with Crippen molar-refractivity contribution >= 4 is 29.2 Å². The van der Waals surface area contributed by atoms with Crippen molar-refractivity contribution in [3.63, 3.8) is 0 Å². The lowest BCUT2D eigenvalue weighted by Crippen LogP contribution is -2.23. The lowest BCUT2D eigenvalue weighted by Gasteiger charge is -2.22. The molecule has 176 valence electrons. The molecule has 1 aliphatic heterocycles. The first-order valence-corrected chi connectivity index (χ1v) is 11.9. The first-order valence-electron chi connectivity index (χ1n) is 11.5. The van der Waals surface area contributed by atoms with Crippen molar-refractivity contribution in [1.82, 2.24) is 15.0 Å². The third-order valence-electron chi connectivity index (χ3n) is 6.55. The zero-order valence-corrected chi connectivity index (χ0v) is 19.3. The van der Waals surface area contributed by atoms with Crippen LogP contribution >= 0.6 is 11.6 Å². The van der Waals surface area contributed by atoms with Gasteiger partial charge in [0, 0.05) is 56.0 Å². The second kappa shape index (κ2) is 11.0. The molecule has 1 saturated heterocycles. The molecule has 8 nitrogen and oxygen atoms in total. The highest BCUT2D eigenvalue weighted by atomic mass is 35.5. The molecule has 2 aromatic rings. The highest BCUT2D eigenvalue weighted by Crippen LogP contribution is 2.34. The summed E-state index contributed by atoms with van der Waals surface area (Å²) in [6, 6.07) is 1.80. The molecule has 0 spiro atoms. The summed E-state index contributed by atoms with van der Waals surface area (Å²) in [5.74, 6) is 0.505. The standard InChI is InChI=1S/C24H29ClN4O4/c25-20-12-27-18(10-22(30)17-2-1-16(7-17)8-24(31)32)9-19(20)21-13-26-14-23(29-21)28-11-15-3-5-33-6-4-15/h9,12-17H,1-8,10-11H2,(H,28,29)(H,31,32)/t16-,17+/m0/s1. The van der Waals surface area contributed by atoms with Gasteiger partial charge in [0.1, 0.15) is 11.6 Å². The van der Waals surface area contributed by atoms with E-state index in [2.05, 4.69) is 20.3 Å². The zero-order valence-electron chi connectivity index (χ0n) is 18.5. The number of hydrogen-bond acceptors (Lipinski definition) is 7. The van der Waals surface area contributed by atoms with Crippen LogP contribution in [0.4, 0.5) is 5.82 Å². The van der Waals surface area contributed by atoms with Crippen molar-refractivity contribution in [2.75, 3.05) is 25.1 Å². The normalized spacial score (nSPS) is 21.1. The first-order chi connectivity index (χ1) is 16.0. The predicted octanol–water partition coefficient (Wildman–Crippen LogP) is 4.03. The number of ether oxygens (including phenoxy) is 1. The molecule has 0 bridgehead atoms. The monoisotopic (exact) mass is 472 g/mol. The molecule has 0 aromatic carbocycles. The van der Waals surface area contributed by atoms with E-state index in [0.717, 1.165) is 45.4 Å². The van der Waals surface area contributed by atoms with Gasteiger partial charge in [-0.3, -0.25) is 19.6 Å². The minimum absolute atomic E-state index is 0.0804. The largest absolute Gasteiger partial charge is 0.481 e. The predicted molar refractivity (Wildman–Crippen MR) is 124 cm³/mol. The van der Waals surface area contributed by atoms with Crippen molar-refractivity contribution in [3.8, 4) is 11.3 Å². The molecule has 1 aliphatic carbocycles. The molecule has 0 radical (unpaired) electrons.